The summed E-state index contributed by atoms with van der Waals surface area (Å²) in [5.41, 5.74) is 0. The second-order valence-electron chi connectivity index (χ2n) is 7.42. The van der Waals surface area contributed by atoms with Crippen LogP contribution in [0.1, 0.15) is 45.4 Å². The maximum Gasteiger partial charge on any atom is 0.0612 e. The average molecular weight is 263 g/mol. The van der Waals surface area contributed by atoms with Crippen LogP contribution in [0.15, 0.2) is 0 Å². The molecule has 6 unspecified atom stereocenters. The molecule has 4 fully saturated rings. The molecule has 3 saturated heterocycles. The van der Waals surface area contributed by atoms with Crippen LogP contribution in [0.3, 0.4) is 0 Å². The summed E-state index contributed by atoms with van der Waals surface area (Å²) < 4.78 is 0. The number of hydrogen-bond acceptors (Lipinski definition) is 3. The Morgan fingerprint density at radius 1 is 0.895 bits per heavy atom. The van der Waals surface area contributed by atoms with E-state index in [1.165, 1.54) is 51.6 Å². The molecule has 3 N–H and O–H groups in total. The van der Waals surface area contributed by atoms with Gasteiger partial charge in [0.05, 0.1) is 6.17 Å². The standard InChI is InChI=1S/C16H29N3/c1-10-14(11-5-3-2-4-6-11)15-12-7-8-17-9-13(12)19-16(15)18-10/h10-19H,2-9H2,1H3. The molecular weight excluding hydrogens is 234 g/mol. The second kappa shape index (κ2) is 5.01. The Kier molecular flexibility index (Phi) is 3.33. The normalized spacial score (nSPS) is 51.0. The Morgan fingerprint density at radius 2 is 1.74 bits per heavy atom. The largest absolute Gasteiger partial charge is 0.315 e. The molecule has 3 heterocycles. The maximum absolute atomic E-state index is 3.88. The molecule has 0 aromatic carbocycles. The predicted molar refractivity (Wildman–Crippen MR) is 77.8 cm³/mol. The van der Waals surface area contributed by atoms with Gasteiger partial charge < -0.3 is 5.32 Å². The van der Waals surface area contributed by atoms with Crippen LogP contribution in [0, 0.1) is 23.7 Å². The first-order valence-corrected chi connectivity index (χ1v) is 8.57. The highest BCUT2D eigenvalue weighted by atomic mass is 15.2. The topological polar surface area (TPSA) is 36.1 Å². The average Bonchev–Trinajstić information content (AvgIpc) is 2.94. The minimum absolute atomic E-state index is 0.608. The van der Waals surface area contributed by atoms with Gasteiger partial charge in [0.25, 0.3) is 0 Å². The molecule has 4 rings (SSSR count). The van der Waals surface area contributed by atoms with Gasteiger partial charge in [0.15, 0.2) is 0 Å². The molecule has 0 amide bonds. The monoisotopic (exact) mass is 263 g/mol. The van der Waals surface area contributed by atoms with Crippen molar-refractivity contribution in [2.75, 3.05) is 13.1 Å². The molecule has 1 aliphatic carbocycles. The molecule has 19 heavy (non-hydrogen) atoms. The molecule has 6 atom stereocenters. The van der Waals surface area contributed by atoms with Gasteiger partial charge in [-0.3, -0.25) is 10.6 Å². The van der Waals surface area contributed by atoms with Crippen molar-refractivity contribution in [2.45, 2.75) is 63.7 Å². The highest BCUT2D eigenvalue weighted by Gasteiger charge is 2.54. The van der Waals surface area contributed by atoms with E-state index in [1.807, 2.05) is 0 Å². The molecule has 4 aliphatic rings. The summed E-state index contributed by atoms with van der Waals surface area (Å²) in [5.74, 6) is 3.77. The third-order valence-corrected chi connectivity index (χ3v) is 6.47. The van der Waals surface area contributed by atoms with E-state index in [0.29, 0.717) is 6.17 Å². The van der Waals surface area contributed by atoms with E-state index in [1.54, 1.807) is 0 Å². The summed E-state index contributed by atoms with van der Waals surface area (Å²) in [5, 5.41) is 11.3. The van der Waals surface area contributed by atoms with Gasteiger partial charge >= 0.3 is 0 Å². The fraction of sp³-hybridized carbons (Fsp3) is 1.00. The van der Waals surface area contributed by atoms with E-state index in [9.17, 15) is 0 Å². The van der Waals surface area contributed by atoms with Crippen LogP contribution in [0.5, 0.6) is 0 Å². The van der Waals surface area contributed by atoms with E-state index in [0.717, 1.165) is 35.8 Å². The van der Waals surface area contributed by atoms with Gasteiger partial charge in [-0.05, 0) is 43.6 Å². The number of nitrogens with one attached hydrogen (secondary N) is 3. The molecular formula is C16H29N3. The van der Waals surface area contributed by atoms with E-state index in [2.05, 4.69) is 22.9 Å². The molecule has 0 aromatic rings. The van der Waals surface area contributed by atoms with E-state index >= 15 is 0 Å². The van der Waals surface area contributed by atoms with Crippen LogP contribution in [0.25, 0.3) is 0 Å². The SMILES string of the molecule is CC1NC2NC3CNCCC3C2C1C1CCCCC1. The lowest BCUT2D eigenvalue weighted by Crippen LogP contribution is -2.49. The van der Waals surface area contributed by atoms with Gasteiger partial charge in [-0.2, -0.15) is 0 Å². The molecule has 3 nitrogen and oxygen atoms in total. The van der Waals surface area contributed by atoms with Crippen molar-refractivity contribution in [1.29, 1.82) is 0 Å². The predicted octanol–water partition coefficient (Wildman–Crippen LogP) is 1.70. The van der Waals surface area contributed by atoms with Crippen molar-refractivity contribution >= 4 is 0 Å². The van der Waals surface area contributed by atoms with E-state index in [-0.39, 0.29) is 0 Å². The number of rotatable bonds is 1. The summed E-state index contributed by atoms with van der Waals surface area (Å²) in [7, 11) is 0. The van der Waals surface area contributed by atoms with Gasteiger partial charge in [0.1, 0.15) is 0 Å². The molecule has 0 aromatic heterocycles. The lowest BCUT2D eigenvalue weighted by molar-refractivity contribution is 0.141. The Labute approximate surface area is 117 Å². The number of piperidine rings is 1. The molecule has 0 radical (unpaired) electrons. The third kappa shape index (κ3) is 2.05. The fourth-order valence-electron chi connectivity index (χ4n) is 5.75. The zero-order valence-corrected chi connectivity index (χ0v) is 12.2. The quantitative estimate of drug-likeness (QED) is 0.674. The molecule has 0 bridgehead atoms. The summed E-state index contributed by atoms with van der Waals surface area (Å²) in [6, 6.07) is 1.45. The van der Waals surface area contributed by atoms with Crippen LogP contribution < -0.4 is 16.0 Å². The molecule has 3 heteroatoms. The van der Waals surface area contributed by atoms with Crippen LogP contribution in [0.4, 0.5) is 0 Å². The van der Waals surface area contributed by atoms with Crippen molar-refractivity contribution in [1.82, 2.24) is 16.0 Å². The van der Waals surface area contributed by atoms with Crippen LogP contribution in [-0.4, -0.2) is 31.3 Å². The fourth-order valence-corrected chi connectivity index (χ4v) is 5.75. The highest BCUT2D eigenvalue weighted by Crippen LogP contribution is 2.47. The smallest absolute Gasteiger partial charge is 0.0612 e. The van der Waals surface area contributed by atoms with Crippen LogP contribution >= 0.6 is 0 Å². The lowest BCUT2D eigenvalue weighted by Gasteiger charge is -2.38. The minimum atomic E-state index is 0.608. The summed E-state index contributed by atoms with van der Waals surface area (Å²) in [6.45, 7) is 4.86. The highest BCUT2D eigenvalue weighted by molar-refractivity contribution is 5.09. The number of hydrogen-bond donors (Lipinski definition) is 3. The van der Waals surface area contributed by atoms with Crippen molar-refractivity contribution in [2.24, 2.45) is 23.7 Å². The Bertz CT molecular complexity index is 326. The Balaban J connectivity index is 1.55. The van der Waals surface area contributed by atoms with E-state index < -0.39 is 0 Å². The first kappa shape index (κ1) is 12.6. The number of fused-ring (bicyclic) bond motifs is 3. The summed E-state index contributed by atoms with van der Waals surface area (Å²) >= 11 is 0. The lowest BCUT2D eigenvalue weighted by atomic mass is 9.68. The van der Waals surface area contributed by atoms with Gasteiger partial charge in [-0.1, -0.05) is 32.1 Å². The van der Waals surface area contributed by atoms with Crippen molar-refractivity contribution < 1.29 is 0 Å². The van der Waals surface area contributed by atoms with Gasteiger partial charge in [-0.15, -0.1) is 0 Å². The minimum Gasteiger partial charge on any atom is -0.315 e. The van der Waals surface area contributed by atoms with Crippen molar-refractivity contribution in [3.8, 4) is 0 Å². The zero-order chi connectivity index (χ0) is 12.8. The van der Waals surface area contributed by atoms with Gasteiger partial charge in [0, 0.05) is 18.6 Å². The zero-order valence-electron chi connectivity index (χ0n) is 12.2. The van der Waals surface area contributed by atoms with Crippen molar-refractivity contribution in [3.63, 3.8) is 0 Å². The third-order valence-electron chi connectivity index (χ3n) is 6.47. The summed E-state index contributed by atoms with van der Waals surface area (Å²) in [6.07, 6.45) is 9.43. The van der Waals surface area contributed by atoms with Gasteiger partial charge in [-0.25, -0.2) is 0 Å². The Hall–Kier alpha value is -0.120. The molecule has 0 spiro atoms. The molecule has 108 valence electrons. The van der Waals surface area contributed by atoms with Crippen molar-refractivity contribution in [3.05, 3.63) is 0 Å². The van der Waals surface area contributed by atoms with Crippen LogP contribution in [-0.2, 0) is 0 Å². The van der Waals surface area contributed by atoms with Gasteiger partial charge in [0.2, 0.25) is 0 Å². The van der Waals surface area contributed by atoms with E-state index in [4.69, 9.17) is 0 Å². The molecule has 1 saturated carbocycles. The first-order chi connectivity index (χ1) is 9.34. The maximum atomic E-state index is 3.88. The summed E-state index contributed by atoms with van der Waals surface area (Å²) in [4.78, 5) is 0. The second-order valence-corrected chi connectivity index (χ2v) is 7.42. The molecule has 3 aliphatic heterocycles. The first-order valence-electron chi connectivity index (χ1n) is 8.57. The Morgan fingerprint density at radius 3 is 2.58 bits per heavy atom. The van der Waals surface area contributed by atoms with Crippen LogP contribution in [0.2, 0.25) is 0 Å².